The molecule has 0 spiro atoms. The van der Waals surface area contributed by atoms with E-state index in [0.29, 0.717) is 12.8 Å². The number of hydrogen-bond acceptors (Lipinski definition) is 15. The lowest BCUT2D eigenvalue weighted by molar-refractivity contribution is -0.332. The Balaban J connectivity index is 1.76. The first-order chi connectivity index (χ1) is 34.0. The van der Waals surface area contributed by atoms with Gasteiger partial charge in [0.05, 0.1) is 19.8 Å². The fourth-order valence-corrected chi connectivity index (χ4v) is 9.40. The molecule has 15 heteroatoms. The Kier molecular flexibility index (Phi) is 39.5. The summed E-state index contributed by atoms with van der Waals surface area (Å²) in [5.74, 6) is -0.905. The van der Waals surface area contributed by atoms with E-state index >= 15 is 0 Å². The van der Waals surface area contributed by atoms with E-state index in [1.165, 1.54) is 167 Å². The number of ether oxygens (including phenoxy) is 6. The first kappa shape index (κ1) is 64.6. The van der Waals surface area contributed by atoms with Crippen molar-refractivity contribution in [2.75, 3.05) is 26.4 Å². The van der Waals surface area contributed by atoms with Gasteiger partial charge in [0.1, 0.15) is 55.4 Å². The molecule has 0 aromatic heterocycles. The zero-order chi connectivity index (χ0) is 51.0. The van der Waals surface area contributed by atoms with Gasteiger partial charge in [-0.2, -0.15) is 0 Å². The van der Waals surface area contributed by atoms with E-state index in [-0.39, 0.29) is 26.1 Å². The number of esters is 2. The van der Waals surface area contributed by atoms with Crippen LogP contribution in [0.1, 0.15) is 245 Å². The minimum Gasteiger partial charge on any atom is -0.462 e. The Morgan fingerprint density at radius 3 is 1.11 bits per heavy atom. The van der Waals surface area contributed by atoms with Gasteiger partial charge in [0.15, 0.2) is 18.7 Å². The van der Waals surface area contributed by atoms with E-state index in [1.807, 2.05) is 0 Å². The highest BCUT2D eigenvalue weighted by molar-refractivity contribution is 5.70. The van der Waals surface area contributed by atoms with Crippen LogP contribution in [0.3, 0.4) is 0 Å². The number of carbonyl (C=O) groups is 2. The lowest BCUT2D eigenvalue weighted by atomic mass is 9.98. The molecule has 2 aliphatic heterocycles. The van der Waals surface area contributed by atoms with E-state index in [0.717, 1.165) is 38.5 Å². The Morgan fingerprint density at radius 2 is 0.729 bits per heavy atom. The molecule has 11 atom stereocenters. The van der Waals surface area contributed by atoms with E-state index in [4.69, 9.17) is 28.4 Å². The zero-order valence-electron chi connectivity index (χ0n) is 44.0. The standard InChI is InChI=1S/C55H104O15/c1-3-5-7-9-11-13-15-17-19-21-22-24-26-28-30-32-34-36-38-47(58)68-43(40-65-46(57)37-35-33-31-29-27-25-23-20-18-16-14-12-10-8-6-4-2)41-66-54-53(64)51(62)49(60)45(70-54)42-67-55-52(63)50(61)48(59)44(39-56)69-55/h43-45,48-56,59-64H,3-42H2,1-2H3/t43-,44+,45+,48-,49-,50?,51?,52?,53?,54+,55+/m1/s1. The van der Waals surface area contributed by atoms with E-state index in [1.54, 1.807) is 0 Å². The molecule has 0 aromatic carbocycles. The van der Waals surface area contributed by atoms with Crippen molar-refractivity contribution in [1.29, 1.82) is 0 Å². The van der Waals surface area contributed by atoms with Gasteiger partial charge in [-0.3, -0.25) is 9.59 Å². The Bertz CT molecular complexity index is 1230. The molecule has 2 saturated heterocycles. The van der Waals surface area contributed by atoms with Gasteiger partial charge in [-0.15, -0.1) is 0 Å². The summed E-state index contributed by atoms with van der Waals surface area (Å²) in [5, 5.41) is 72.2. The number of carbonyl (C=O) groups excluding carboxylic acids is 2. The highest BCUT2D eigenvalue weighted by Crippen LogP contribution is 2.27. The minimum absolute atomic E-state index is 0.174. The van der Waals surface area contributed by atoms with Gasteiger partial charge >= 0.3 is 11.9 Å². The lowest BCUT2D eigenvalue weighted by Crippen LogP contribution is -2.61. The quantitative estimate of drug-likeness (QED) is 0.0223. The number of hydrogen-bond donors (Lipinski definition) is 7. The van der Waals surface area contributed by atoms with Crippen LogP contribution in [0.25, 0.3) is 0 Å². The molecule has 0 bridgehead atoms. The highest BCUT2D eigenvalue weighted by atomic mass is 16.7. The molecule has 2 aliphatic rings. The molecule has 70 heavy (non-hydrogen) atoms. The summed E-state index contributed by atoms with van der Waals surface area (Å²) >= 11 is 0. The van der Waals surface area contributed by atoms with Crippen LogP contribution in [0, 0.1) is 0 Å². The largest absolute Gasteiger partial charge is 0.462 e. The van der Waals surface area contributed by atoms with Gasteiger partial charge < -0.3 is 64.2 Å². The molecular formula is C55H104O15. The molecule has 0 aromatic rings. The molecular weight excluding hydrogens is 901 g/mol. The van der Waals surface area contributed by atoms with Gasteiger partial charge in [0.2, 0.25) is 0 Å². The average molecular weight is 1010 g/mol. The van der Waals surface area contributed by atoms with Crippen LogP contribution < -0.4 is 0 Å². The fourth-order valence-electron chi connectivity index (χ4n) is 9.40. The highest BCUT2D eigenvalue weighted by Gasteiger charge is 2.47. The topological polar surface area (TPSA) is 231 Å². The molecule has 7 N–H and O–H groups in total. The van der Waals surface area contributed by atoms with Gasteiger partial charge in [-0.05, 0) is 12.8 Å². The van der Waals surface area contributed by atoms with Gasteiger partial charge in [-0.1, -0.05) is 219 Å². The van der Waals surface area contributed by atoms with Crippen LogP contribution in [0.5, 0.6) is 0 Å². The van der Waals surface area contributed by atoms with Crippen LogP contribution >= 0.6 is 0 Å². The van der Waals surface area contributed by atoms with Crippen molar-refractivity contribution in [3.8, 4) is 0 Å². The maximum absolute atomic E-state index is 13.1. The molecule has 2 heterocycles. The maximum atomic E-state index is 13.1. The van der Waals surface area contributed by atoms with Crippen LogP contribution in [0.2, 0.25) is 0 Å². The molecule has 414 valence electrons. The number of aliphatic hydroxyl groups excluding tert-OH is 7. The molecule has 0 radical (unpaired) electrons. The zero-order valence-corrected chi connectivity index (χ0v) is 44.0. The normalized spacial score (nSPS) is 25.3. The van der Waals surface area contributed by atoms with Crippen molar-refractivity contribution in [3.63, 3.8) is 0 Å². The van der Waals surface area contributed by atoms with Crippen LogP contribution in [-0.4, -0.2) is 142 Å². The summed E-state index contributed by atoms with van der Waals surface area (Å²) in [5.41, 5.74) is 0. The van der Waals surface area contributed by atoms with Crippen LogP contribution in [0.4, 0.5) is 0 Å². The van der Waals surface area contributed by atoms with Gasteiger partial charge in [0.25, 0.3) is 0 Å². The summed E-state index contributed by atoms with van der Waals surface area (Å²) in [4.78, 5) is 25.9. The summed E-state index contributed by atoms with van der Waals surface area (Å²) in [6, 6.07) is 0. The van der Waals surface area contributed by atoms with Crippen molar-refractivity contribution >= 4 is 11.9 Å². The average Bonchev–Trinajstić information content (AvgIpc) is 3.35. The molecule has 0 saturated carbocycles. The van der Waals surface area contributed by atoms with Gasteiger partial charge in [-0.25, -0.2) is 0 Å². The maximum Gasteiger partial charge on any atom is 0.306 e. The van der Waals surface area contributed by atoms with Crippen molar-refractivity contribution < 1.29 is 73.8 Å². The number of unbranched alkanes of at least 4 members (excludes halogenated alkanes) is 32. The molecule has 2 fully saturated rings. The molecule has 2 rings (SSSR count). The number of aliphatic hydroxyl groups is 7. The third kappa shape index (κ3) is 30.0. The fraction of sp³-hybridized carbons (Fsp3) is 0.964. The predicted molar refractivity (Wildman–Crippen MR) is 271 cm³/mol. The first-order valence-corrected chi connectivity index (χ1v) is 28.6. The Morgan fingerprint density at radius 1 is 0.400 bits per heavy atom. The van der Waals surface area contributed by atoms with E-state index in [2.05, 4.69) is 13.8 Å². The second-order valence-corrected chi connectivity index (χ2v) is 20.5. The molecule has 15 nitrogen and oxygen atoms in total. The summed E-state index contributed by atoms with van der Waals surface area (Å²) in [6.45, 7) is 2.65. The minimum atomic E-state index is -1.76. The number of rotatable bonds is 46. The Hall–Kier alpha value is -1.50. The Labute approximate surface area is 423 Å². The van der Waals surface area contributed by atoms with Crippen molar-refractivity contribution in [2.45, 2.75) is 313 Å². The van der Waals surface area contributed by atoms with Crippen molar-refractivity contribution in [3.05, 3.63) is 0 Å². The molecule has 0 aliphatic carbocycles. The predicted octanol–water partition coefficient (Wildman–Crippen LogP) is 9.17. The second kappa shape index (κ2) is 42.8. The van der Waals surface area contributed by atoms with E-state index in [9.17, 15) is 45.3 Å². The summed E-state index contributed by atoms with van der Waals surface area (Å²) in [6.07, 6.45) is 25.5. The summed E-state index contributed by atoms with van der Waals surface area (Å²) in [7, 11) is 0. The van der Waals surface area contributed by atoms with Crippen molar-refractivity contribution in [1.82, 2.24) is 0 Å². The summed E-state index contributed by atoms with van der Waals surface area (Å²) < 4.78 is 33.7. The monoisotopic (exact) mass is 1000 g/mol. The first-order valence-electron chi connectivity index (χ1n) is 28.6. The molecule has 0 amide bonds. The third-order valence-electron chi connectivity index (χ3n) is 14.1. The third-order valence-corrected chi connectivity index (χ3v) is 14.1. The van der Waals surface area contributed by atoms with Crippen LogP contribution in [-0.2, 0) is 38.0 Å². The van der Waals surface area contributed by atoms with Gasteiger partial charge in [0, 0.05) is 12.8 Å². The van der Waals surface area contributed by atoms with Crippen molar-refractivity contribution in [2.24, 2.45) is 0 Å². The second-order valence-electron chi connectivity index (χ2n) is 20.5. The SMILES string of the molecule is CCCCCCCCCCCCCCCCCCCCC(=O)O[C@H](COC(=O)CCCCCCCCCCCCCCCCCC)CO[C@H]1O[C@@H](CO[C@H]2O[C@@H](CO)[C@@H](O)C(O)C2O)[C@@H](O)C(O)C1O. The smallest absolute Gasteiger partial charge is 0.306 e. The van der Waals surface area contributed by atoms with Crippen LogP contribution in [0.15, 0.2) is 0 Å². The van der Waals surface area contributed by atoms with E-state index < -0.39 is 92.7 Å². The molecule has 4 unspecified atom stereocenters. The lowest BCUT2D eigenvalue weighted by Gasteiger charge is -2.42.